The second kappa shape index (κ2) is 10.2. The van der Waals surface area contributed by atoms with Gasteiger partial charge in [0.25, 0.3) is 0 Å². The zero-order chi connectivity index (χ0) is 28.2. The number of nitrogens with two attached hydrogens (primary N) is 1. The van der Waals surface area contributed by atoms with Crippen LogP contribution < -0.4 is 5.73 Å². The van der Waals surface area contributed by atoms with Gasteiger partial charge in [-0.05, 0) is 134 Å². The Morgan fingerprint density at radius 1 is 0.923 bits per heavy atom. The third-order valence-electron chi connectivity index (χ3n) is 12.8. The van der Waals surface area contributed by atoms with E-state index in [1.165, 1.54) is 82.5 Å². The molecule has 4 fully saturated rings. The van der Waals surface area contributed by atoms with Gasteiger partial charge in [0, 0.05) is 5.54 Å². The molecule has 0 heterocycles. The van der Waals surface area contributed by atoms with Crippen LogP contribution in [0.5, 0.6) is 0 Å². The van der Waals surface area contributed by atoms with Gasteiger partial charge in [-0.3, -0.25) is 0 Å². The van der Waals surface area contributed by atoms with Crippen molar-refractivity contribution in [1.29, 1.82) is 0 Å². The molecule has 5 aliphatic carbocycles. The lowest BCUT2D eigenvalue weighted by atomic mass is 9.37. The van der Waals surface area contributed by atoms with E-state index in [2.05, 4.69) is 52.5 Å². The van der Waals surface area contributed by atoms with E-state index < -0.39 is 0 Å². The van der Waals surface area contributed by atoms with E-state index in [1.807, 2.05) is 19.1 Å². The number of carbonyl (C=O) groups excluding carboxylic acids is 1. The largest absolute Gasteiger partial charge is 0.465 e. The lowest BCUT2D eigenvalue weighted by Gasteiger charge is -2.68. The molecular weight excluding hydrogens is 478 g/mol. The molecule has 0 bridgehead atoms. The highest BCUT2D eigenvalue weighted by molar-refractivity contribution is 5.89. The minimum atomic E-state index is -0.264. The second-order valence-electron chi connectivity index (χ2n) is 14.8. The molecule has 0 amide bonds. The van der Waals surface area contributed by atoms with E-state index in [4.69, 9.17) is 10.5 Å². The van der Waals surface area contributed by atoms with Crippen LogP contribution in [0.4, 0.5) is 0 Å². The lowest BCUT2D eigenvalue weighted by Crippen LogP contribution is -2.62. The molecule has 0 aromatic heterocycles. The van der Waals surface area contributed by atoms with Crippen molar-refractivity contribution < 1.29 is 9.53 Å². The number of fused-ring (bicyclic) bond motifs is 7. The van der Waals surface area contributed by atoms with Gasteiger partial charge in [0.05, 0.1) is 12.7 Å². The van der Waals surface area contributed by atoms with Gasteiger partial charge >= 0.3 is 5.97 Å². The van der Waals surface area contributed by atoms with Crippen LogP contribution in [0.3, 0.4) is 0 Å². The molecule has 39 heavy (non-hydrogen) atoms. The van der Waals surface area contributed by atoms with Gasteiger partial charge in [-0.2, -0.15) is 0 Å². The highest BCUT2D eigenvalue weighted by Gasteiger charge is 2.65. The van der Waals surface area contributed by atoms with Crippen molar-refractivity contribution >= 4 is 11.5 Å². The average molecular weight is 532 g/mol. The fourth-order valence-electron chi connectivity index (χ4n) is 11.3. The molecule has 3 nitrogen and oxygen atoms in total. The molecule has 3 heteroatoms. The zero-order valence-corrected chi connectivity index (χ0v) is 25.5. The lowest BCUT2D eigenvalue weighted by molar-refractivity contribution is -0.170. The Kier molecular flexibility index (Phi) is 7.49. The third kappa shape index (κ3) is 4.37. The summed E-state index contributed by atoms with van der Waals surface area (Å²) < 4.78 is 4.91. The number of carbonyl (C=O) groups is 1. The van der Waals surface area contributed by atoms with Crippen LogP contribution in [0, 0.1) is 45.8 Å². The van der Waals surface area contributed by atoms with Crippen LogP contribution in [-0.4, -0.2) is 18.6 Å². The molecule has 0 radical (unpaired) electrons. The summed E-state index contributed by atoms with van der Waals surface area (Å²) in [5.74, 6) is 3.73. The monoisotopic (exact) mass is 531 g/mol. The normalized spacial score (nSPS) is 41.8. The first-order valence-corrected chi connectivity index (χ1v) is 15.7. The number of hydrogen-bond acceptors (Lipinski definition) is 3. The Hall–Kier alpha value is -1.87. The van der Waals surface area contributed by atoms with Crippen LogP contribution in [0.1, 0.15) is 115 Å². The summed E-state index contributed by atoms with van der Waals surface area (Å²) in [4.78, 5) is 12.0. The Balaban J connectivity index is 0.000000983. The Morgan fingerprint density at radius 2 is 1.62 bits per heavy atom. The van der Waals surface area contributed by atoms with Crippen LogP contribution in [0.2, 0.25) is 0 Å². The number of ether oxygens (including phenoxy) is 1. The number of benzene rings is 1. The van der Waals surface area contributed by atoms with E-state index >= 15 is 0 Å². The second-order valence-corrected chi connectivity index (χ2v) is 14.8. The summed E-state index contributed by atoms with van der Waals surface area (Å²) >= 11 is 0. The maximum Gasteiger partial charge on any atom is 0.337 e. The molecule has 8 atom stereocenters. The Labute approximate surface area is 238 Å². The highest BCUT2D eigenvalue weighted by atomic mass is 16.5. The predicted molar refractivity (Wildman–Crippen MR) is 162 cm³/mol. The molecule has 1 aromatic rings. The molecule has 214 valence electrons. The van der Waals surface area contributed by atoms with Gasteiger partial charge in [-0.25, -0.2) is 4.79 Å². The number of rotatable bonds is 2. The molecule has 2 N–H and O–H groups in total. The molecule has 0 aliphatic heterocycles. The number of allylic oxidation sites excluding steroid dienone is 3. The standard InChI is InChI=1S/C33H47NO2.C3H6/c1-30(2)24(21-8-10-22(11-9-21)29(35)36-5)14-18-32(4)27(30)16-19-31(3)25-15-20-33(34)17-6-7-26(33)23(25)12-13-28(31)32;1-3-2/h8-11,14,23,25-28H,6-7,12-13,15-20,34H2,1-5H3;3H,1H2,2H3. The number of methoxy groups -OCH3 is 1. The Bertz CT molecular complexity index is 1120. The maximum atomic E-state index is 12.0. The first-order valence-electron chi connectivity index (χ1n) is 15.7. The molecular formula is C36H53NO2. The fraction of sp³-hybridized carbons (Fsp3) is 0.694. The average Bonchev–Trinajstić information content (AvgIpc) is 3.30. The van der Waals surface area contributed by atoms with E-state index in [0.29, 0.717) is 22.3 Å². The molecule has 0 saturated heterocycles. The van der Waals surface area contributed by atoms with Gasteiger partial charge in [-0.15, -0.1) is 6.58 Å². The van der Waals surface area contributed by atoms with Gasteiger partial charge in [0.1, 0.15) is 0 Å². The van der Waals surface area contributed by atoms with Crippen molar-refractivity contribution in [2.75, 3.05) is 7.11 Å². The van der Waals surface area contributed by atoms with Gasteiger partial charge < -0.3 is 10.5 Å². The zero-order valence-electron chi connectivity index (χ0n) is 25.5. The number of esters is 1. The minimum absolute atomic E-state index is 0.113. The maximum absolute atomic E-state index is 12.0. The SMILES string of the molecule is C=CC.COC(=O)c1ccc(C2=CCC3(C)C(CCC4(C)C5CCC6(N)CCCC6C5CCC43)C2(C)C)cc1. The van der Waals surface area contributed by atoms with Crippen LogP contribution in [0.25, 0.3) is 5.57 Å². The topological polar surface area (TPSA) is 52.3 Å². The van der Waals surface area contributed by atoms with Crippen molar-refractivity contribution in [2.45, 2.75) is 104 Å². The predicted octanol–water partition coefficient (Wildman–Crippen LogP) is 8.84. The Morgan fingerprint density at radius 3 is 2.28 bits per heavy atom. The van der Waals surface area contributed by atoms with Crippen molar-refractivity contribution in [1.82, 2.24) is 0 Å². The summed E-state index contributed by atoms with van der Waals surface area (Å²) in [7, 11) is 1.45. The van der Waals surface area contributed by atoms with E-state index in [0.717, 1.165) is 23.7 Å². The first kappa shape index (κ1) is 28.7. The van der Waals surface area contributed by atoms with Crippen LogP contribution in [0.15, 0.2) is 43.0 Å². The van der Waals surface area contributed by atoms with Crippen molar-refractivity contribution in [3.05, 3.63) is 54.1 Å². The van der Waals surface area contributed by atoms with Crippen molar-refractivity contribution in [2.24, 2.45) is 51.6 Å². The van der Waals surface area contributed by atoms with Crippen molar-refractivity contribution in [3.63, 3.8) is 0 Å². The van der Waals surface area contributed by atoms with Crippen LogP contribution >= 0.6 is 0 Å². The summed E-state index contributed by atoms with van der Waals surface area (Å²) in [5, 5.41) is 0. The molecule has 0 spiro atoms. The van der Waals surface area contributed by atoms with E-state index in [9.17, 15) is 4.79 Å². The first-order chi connectivity index (χ1) is 18.5. The molecule has 8 unspecified atom stereocenters. The van der Waals surface area contributed by atoms with Crippen molar-refractivity contribution in [3.8, 4) is 0 Å². The molecule has 1 aromatic carbocycles. The minimum Gasteiger partial charge on any atom is -0.465 e. The fourth-order valence-corrected chi connectivity index (χ4v) is 11.3. The van der Waals surface area contributed by atoms with E-state index in [1.54, 1.807) is 6.08 Å². The molecule has 5 aliphatic rings. The molecule has 4 saturated carbocycles. The summed E-state index contributed by atoms with van der Waals surface area (Å²) in [5.41, 5.74) is 11.5. The third-order valence-corrected chi connectivity index (χ3v) is 12.8. The van der Waals surface area contributed by atoms with Gasteiger partial charge in [0.15, 0.2) is 0 Å². The highest BCUT2D eigenvalue weighted by Crippen LogP contribution is 2.72. The smallest absolute Gasteiger partial charge is 0.337 e. The summed E-state index contributed by atoms with van der Waals surface area (Å²) in [6, 6.07) is 8.11. The van der Waals surface area contributed by atoms with Crippen LogP contribution in [-0.2, 0) is 4.74 Å². The summed E-state index contributed by atoms with van der Waals surface area (Å²) in [6.07, 6.45) is 17.6. The van der Waals surface area contributed by atoms with Gasteiger partial charge in [-0.1, -0.05) is 58.4 Å². The van der Waals surface area contributed by atoms with E-state index in [-0.39, 0.29) is 16.9 Å². The quantitative estimate of drug-likeness (QED) is 0.306. The molecule has 6 rings (SSSR count). The number of hydrogen-bond donors (Lipinski definition) is 1. The van der Waals surface area contributed by atoms with Gasteiger partial charge in [0.2, 0.25) is 0 Å². The summed E-state index contributed by atoms with van der Waals surface area (Å²) in [6.45, 7) is 15.6.